The van der Waals surface area contributed by atoms with Gasteiger partial charge in [-0.3, -0.25) is 11.3 Å². The van der Waals surface area contributed by atoms with Gasteiger partial charge in [0, 0.05) is 10.9 Å². The molecule has 0 spiro atoms. The normalized spacial score (nSPS) is 29.2. The van der Waals surface area contributed by atoms with Gasteiger partial charge >= 0.3 is 0 Å². The molecule has 0 saturated heterocycles. The summed E-state index contributed by atoms with van der Waals surface area (Å²) in [4.78, 5) is 1.34. The Hall–Kier alpha value is -0.510. The Morgan fingerprint density at radius 1 is 1.16 bits per heavy atom. The molecule has 0 amide bonds. The van der Waals surface area contributed by atoms with Gasteiger partial charge in [0.2, 0.25) is 0 Å². The fraction of sp³-hybridized carbons (Fsp3) is 0.625. The molecule has 1 aliphatic carbocycles. The Labute approximate surface area is 121 Å². The number of hydrogen-bond acceptors (Lipinski definition) is 3. The van der Waals surface area contributed by atoms with Gasteiger partial charge in [-0.05, 0) is 54.9 Å². The third-order valence-electron chi connectivity index (χ3n) is 4.34. The van der Waals surface area contributed by atoms with Crippen molar-refractivity contribution in [2.24, 2.45) is 23.6 Å². The van der Waals surface area contributed by atoms with Crippen molar-refractivity contribution < 1.29 is 0 Å². The first-order chi connectivity index (χ1) is 9.15. The van der Waals surface area contributed by atoms with Crippen molar-refractivity contribution >= 4 is 11.8 Å². The van der Waals surface area contributed by atoms with E-state index in [1.165, 1.54) is 29.7 Å². The molecule has 19 heavy (non-hydrogen) atoms. The molecule has 1 saturated carbocycles. The Balaban J connectivity index is 2.23. The molecule has 1 fully saturated rings. The topological polar surface area (TPSA) is 38.0 Å². The summed E-state index contributed by atoms with van der Waals surface area (Å²) in [5, 5.41) is 0. The first-order valence-corrected chi connectivity index (χ1v) is 8.47. The van der Waals surface area contributed by atoms with E-state index < -0.39 is 0 Å². The molecule has 3 unspecified atom stereocenters. The van der Waals surface area contributed by atoms with Crippen LogP contribution in [0.2, 0.25) is 0 Å². The molecule has 106 valence electrons. The molecule has 0 aromatic heterocycles. The zero-order valence-corrected chi connectivity index (χ0v) is 13.0. The molecule has 0 aliphatic heterocycles. The number of thioether (sulfide) groups is 1. The first-order valence-electron chi connectivity index (χ1n) is 7.24. The van der Waals surface area contributed by atoms with Crippen molar-refractivity contribution in [3.05, 3.63) is 29.8 Å². The third kappa shape index (κ3) is 3.53. The summed E-state index contributed by atoms with van der Waals surface area (Å²) in [7, 11) is 0. The lowest BCUT2D eigenvalue weighted by atomic mass is 9.72. The Kier molecular flexibility index (Phi) is 5.31. The van der Waals surface area contributed by atoms with Gasteiger partial charge in [-0.15, -0.1) is 11.8 Å². The van der Waals surface area contributed by atoms with E-state index in [2.05, 4.69) is 49.8 Å². The van der Waals surface area contributed by atoms with Crippen LogP contribution in [0.4, 0.5) is 0 Å². The van der Waals surface area contributed by atoms with Crippen molar-refractivity contribution in [1.29, 1.82) is 0 Å². The average molecular weight is 278 g/mol. The monoisotopic (exact) mass is 278 g/mol. The van der Waals surface area contributed by atoms with Crippen LogP contribution < -0.4 is 11.3 Å². The first kappa shape index (κ1) is 14.9. The van der Waals surface area contributed by atoms with Gasteiger partial charge in [0.15, 0.2) is 0 Å². The van der Waals surface area contributed by atoms with Gasteiger partial charge in [-0.2, -0.15) is 0 Å². The van der Waals surface area contributed by atoms with Crippen molar-refractivity contribution in [2.75, 3.05) is 6.26 Å². The van der Waals surface area contributed by atoms with Crippen LogP contribution >= 0.6 is 11.8 Å². The minimum absolute atomic E-state index is 0.286. The molecule has 0 heterocycles. The molecule has 2 rings (SSSR count). The van der Waals surface area contributed by atoms with E-state index in [0.29, 0.717) is 5.92 Å². The summed E-state index contributed by atoms with van der Waals surface area (Å²) in [5.41, 5.74) is 4.46. The van der Waals surface area contributed by atoms with Crippen LogP contribution in [0.5, 0.6) is 0 Å². The van der Waals surface area contributed by atoms with Crippen LogP contribution in [0, 0.1) is 17.8 Å². The molecule has 1 aromatic carbocycles. The molecule has 0 bridgehead atoms. The highest BCUT2D eigenvalue weighted by molar-refractivity contribution is 7.98. The van der Waals surface area contributed by atoms with Crippen LogP contribution in [0.1, 0.15) is 44.7 Å². The Morgan fingerprint density at radius 3 is 2.37 bits per heavy atom. The lowest BCUT2D eigenvalue weighted by Crippen LogP contribution is -2.37. The van der Waals surface area contributed by atoms with E-state index in [9.17, 15) is 0 Å². The molecule has 2 nitrogen and oxygen atoms in total. The Bertz CT molecular complexity index is 397. The lowest BCUT2D eigenvalue weighted by molar-refractivity contribution is 0.176. The number of nitrogens with two attached hydrogens (primary N) is 1. The van der Waals surface area contributed by atoms with E-state index >= 15 is 0 Å². The lowest BCUT2D eigenvalue weighted by Gasteiger charge is -2.37. The number of hydrazine groups is 1. The zero-order valence-electron chi connectivity index (χ0n) is 12.2. The van der Waals surface area contributed by atoms with Gasteiger partial charge < -0.3 is 0 Å². The number of nitrogens with one attached hydrogen (secondary N) is 1. The van der Waals surface area contributed by atoms with Crippen LogP contribution in [-0.2, 0) is 0 Å². The quantitative estimate of drug-likeness (QED) is 0.497. The summed E-state index contributed by atoms with van der Waals surface area (Å²) < 4.78 is 0. The number of benzene rings is 1. The predicted octanol–water partition coefficient (Wildman–Crippen LogP) is 3.99. The molecule has 1 aromatic rings. The molecular formula is C16H26N2S. The fourth-order valence-corrected chi connectivity index (χ4v) is 4.33. The summed E-state index contributed by atoms with van der Waals surface area (Å²) in [6.45, 7) is 4.74. The standard InChI is InChI=1S/C16H26N2S/c1-11-8-12(2)10-13(9-11)16(18-17)14-6-4-5-7-15(14)19-3/h4-7,11-13,16,18H,8-10,17H2,1-3H3. The van der Waals surface area contributed by atoms with E-state index in [-0.39, 0.29) is 6.04 Å². The van der Waals surface area contributed by atoms with Gasteiger partial charge in [-0.25, -0.2) is 0 Å². The minimum Gasteiger partial charge on any atom is -0.271 e. The van der Waals surface area contributed by atoms with Gasteiger partial charge in [0.1, 0.15) is 0 Å². The van der Waals surface area contributed by atoms with Gasteiger partial charge in [0.25, 0.3) is 0 Å². The van der Waals surface area contributed by atoms with Crippen LogP contribution in [0.15, 0.2) is 29.2 Å². The van der Waals surface area contributed by atoms with E-state index in [1.807, 2.05) is 11.8 Å². The highest BCUT2D eigenvalue weighted by atomic mass is 32.2. The van der Waals surface area contributed by atoms with E-state index in [4.69, 9.17) is 5.84 Å². The predicted molar refractivity (Wildman–Crippen MR) is 84.0 cm³/mol. The van der Waals surface area contributed by atoms with Crippen molar-refractivity contribution in [3.63, 3.8) is 0 Å². The van der Waals surface area contributed by atoms with Gasteiger partial charge in [-0.1, -0.05) is 32.0 Å². The highest BCUT2D eigenvalue weighted by Crippen LogP contribution is 2.41. The van der Waals surface area contributed by atoms with Crippen molar-refractivity contribution in [1.82, 2.24) is 5.43 Å². The van der Waals surface area contributed by atoms with Crippen molar-refractivity contribution in [2.45, 2.75) is 44.0 Å². The van der Waals surface area contributed by atoms with E-state index in [0.717, 1.165) is 11.8 Å². The van der Waals surface area contributed by atoms with E-state index in [1.54, 1.807) is 0 Å². The molecular weight excluding hydrogens is 252 g/mol. The molecule has 3 heteroatoms. The number of hydrogen-bond donors (Lipinski definition) is 2. The maximum atomic E-state index is 5.89. The summed E-state index contributed by atoms with van der Waals surface area (Å²) >= 11 is 1.81. The highest BCUT2D eigenvalue weighted by Gasteiger charge is 2.31. The maximum Gasteiger partial charge on any atom is 0.0499 e. The second-order valence-corrected chi connectivity index (χ2v) is 6.91. The average Bonchev–Trinajstić information content (AvgIpc) is 2.39. The maximum absolute atomic E-state index is 5.89. The smallest absolute Gasteiger partial charge is 0.0499 e. The summed E-state index contributed by atoms with van der Waals surface area (Å²) in [6, 6.07) is 8.93. The Morgan fingerprint density at radius 2 is 1.79 bits per heavy atom. The molecule has 0 radical (unpaired) electrons. The van der Waals surface area contributed by atoms with Gasteiger partial charge in [0.05, 0.1) is 0 Å². The minimum atomic E-state index is 0.286. The zero-order chi connectivity index (χ0) is 13.8. The van der Waals surface area contributed by atoms with Crippen LogP contribution in [-0.4, -0.2) is 6.26 Å². The largest absolute Gasteiger partial charge is 0.271 e. The fourth-order valence-electron chi connectivity index (χ4n) is 3.68. The SMILES string of the molecule is CSc1ccccc1C(NN)C1CC(C)CC(C)C1. The van der Waals surface area contributed by atoms with Crippen molar-refractivity contribution in [3.8, 4) is 0 Å². The molecule has 3 N–H and O–H groups in total. The number of rotatable bonds is 4. The summed E-state index contributed by atoms with van der Waals surface area (Å²) in [5.74, 6) is 8.16. The second kappa shape index (κ2) is 6.78. The second-order valence-electron chi connectivity index (χ2n) is 6.06. The molecule has 3 atom stereocenters. The third-order valence-corrected chi connectivity index (χ3v) is 5.15. The molecule has 1 aliphatic rings. The summed E-state index contributed by atoms with van der Waals surface area (Å²) in [6.07, 6.45) is 6.06. The van der Waals surface area contributed by atoms with Crippen LogP contribution in [0.25, 0.3) is 0 Å². The van der Waals surface area contributed by atoms with Crippen LogP contribution in [0.3, 0.4) is 0 Å².